The monoisotopic (exact) mass is 448 g/mol. The third-order valence-electron chi connectivity index (χ3n) is 5.25. The van der Waals surface area contributed by atoms with Crippen LogP contribution in [0.5, 0.6) is 0 Å². The van der Waals surface area contributed by atoms with Crippen LogP contribution >= 0.6 is 0 Å². The summed E-state index contributed by atoms with van der Waals surface area (Å²) in [6.45, 7) is 0.512. The number of hydrogen-bond donors (Lipinski definition) is 1. The Morgan fingerprint density at radius 3 is 2.19 bits per heavy atom. The van der Waals surface area contributed by atoms with Crippen LogP contribution in [-0.4, -0.2) is 42.4 Å². The van der Waals surface area contributed by atoms with E-state index in [1.807, 2.05) is 30.3 Å². The SMILES string of the molecule is O=C(COC(=O)C1CCN(C(=O)c2ccc(C(F)(F)F)cc2)CC1)NCc1ccccc1. The Kier molecular flexibility index (Phi) is 7.50. The van der Waals surface area contributed by atoms with E-state index >= 15 is 0 Å². The first-order valence-electron chi connectivity index (χ1n) is 10.2. The zero-order valence-corrected chi connectivity index (χ0v) is 17.2. The number of halogens is 3. The van der Waals surface area contributed by atoms with Crippen molar-refractivity contribution in [2.75, 3.05) is 19.7 Å². The molecular weight excluding hydrogens is 425 g/mol. The Morgan fingerprint density at radius 1 is 0.969 bits per heavy atom. The van der Waals surface area contributed by atoms with Crippen molar-refractivity contribution >= 4 is 17.8 Å². The second-order valence-corrected chi connectivity index (χ2v) is 7.51. The molecule has 2 aromatic carbocycles. The summed E-state index contributed by atoms with van der Waals surface area (Å²) in [5.74, 6) is -1.72. The second-order valence-electron chi connectivity index (χ2n) is 7.51. The molecule has 1 fully saturated rings. The van der Waals surface area contributed by atoms with Crippen LogP contribution < -0.4 is 5.32 Å². The molecule has 9 heteroatoms. The average molecular weight is 448 g/mol. The minimum atomic E-state index is -4.46. The number of likely N-dealkylation sites (tertiary alicyclic amines) is 1. The number of alkyl halides is 3. The van der Waals surface area contributed by atoms with Gasteiger partial charge in [0.2, 0.25) is 0 Å². The van der Waals surface area contributed by atoms with Crippen molar-refractivity contribution in [1.82, 2.24) is 10.2 Å². The molecule has 0 atom stereocenters. The van der Waals surface area contributed by atoms with Crippen LogP contribution in [0.3, 0.4) is 0 Å². The van der Waals surface area contributed by atoms with Crippen molar-refractivity contribution in [3.05, 3.63) is 71.3 Å². The van der Waals surface area contributed by atoms with E-state index < -0.39 is 29.5 Å². The summed E-state index contributed by atoms with van der Waals surface area (Å²) in [7, 11) is 0. The van der Waals surface area contributed by atoms with Gasteiger partial charge in [-0.3, -0.25) is 14.4 Å². The van der Waals surface area contributed by atoms with E-state index in [9.17, 15) is 27.6 Å². The molecule has 0 aliphatic carbocycles. The summed E-state index contributed by atoms with van der Waals surface area (Å²) in [5.41, 5.74) is 0.273. The number of rotatable bonds is 6. The molecule has 1 heterocycles. The molecule has 1 aliphatic rings. The van der Waals surface area contributed by atoms with Crippen LogP contribution in [0.4, 0.5) is 13.2 Å². The van der Waals surface area contributed by atoms with E-state index in [0.29, 0.717) is 19.4 Å². The lowest BCUT2D eigenvalue weighted by Crippen LogP contribution is -2.41. The van der Waals surface area contributed by atoms with Crippen molar-refractivity contribution in [3.63, 3.8) is 0 Å². The van der Waals surface area contributed by atoms with Gasteiger partial charge >= 0.3 is 12.1 Å². The Morgan fingerprint density at radius 2 is 1.59 bits per heavy atom. The number of benzene rings is 2. The van der Waals surface area contributed by atoms with Crippen LogP contribution in [0, 0.1) is 5.92 Å². The second kappa shape index (κ2) is 10.3. The molecule has 2 aromatic rings. The van der Waals surface area contributed by atoms with E-state index in [0.717, 1.165) is 29.8 Å². The van der Waals surface area contributed by atoms with E-state index in [2.05, 4.69) is 5.32 Å². The number of carbonyl (C=O) groups is 3. The first kappa shape index (κ1) is 23.3. The summed E-state index contributed by atoms with van der Waals surface area (Å²) in [6.07, 6.45) is -3.74. The maximum Gasteiger partial charge on any atom is 0.416 e. The predicted octanol–water partition coefficient (Wildman–Crippen LogP) is 3.42. The number of nitrogens with zero attached hydrogens (tertiary/aromatic N) is 1. The fraction of sp³-hybridized carbons (Fsp3) is 0.348. The molecule has 0 radical (unpaired) electrons. The molecule has 2 amide bonds. The van der Waals surface area contributed by atoms with E-state index in [4.69, 9.17) is 4.74 Å². The van der Waals surface area contributed by atoms with Gasteiger partial charge in [0.1, 0.15) is 0 Å². The molecule has 0 spiro atoms. The van der Waals surface area contributed by atoms with Gasteiger partial charge in [0.25, 0.3) is 11.8 Å². The molecule has 0 bridgehead atoms. The highest BCUT2D eigenvalue weighted by atomic mass is 19.4. The normalized spacial score (nSPS) is 14.7. The van der Waals surface area contributed by atoms with Crippen molar-refractivity contribution in [3.8, 4) is 0 Å². The minimum Gasteiger partial charge on any atom is -0.455 e. The number of ether oxygens (including phenoxy) is 1. The lowest BCUT2D eigenvalue weighted by Gasteiger charge is -2.31. The number of piperidine rings is 1. The molecule has 6 nitrogen and oxygen atoms in total. The van der Waals surface area contributed by atoms with E-state index in [1.54, 1.807) is 0 Å². The van der Waals surface area contributed by atoms with Gasteiger partial charge < -0.3 is 15.0 Å². The highest BCUT2D eigenvalue weighted by molar-refractivity contribution is 5.94. The number of nitrogens with one attached hydrogen (secondary N) is 1. The Hall–Kier alpha value is -3.36. The van der Waals surface area contributed by atoms with Crippen molar-refractivity contribution in [1.29, 1.82) is 0 Å². The van der Waals surface area contributed by atoms with Crippen molar-refractivity contribution in [2.45, 2.75) is 25.6 Å². The number of esters is 1. The lowest BCUT2D eigenvalue weighted by atomic mass is 9.96. The number of amides is 2. The predicted molar refractivity (Wildman–Crippen MR) is 109 cm³/mol. The molecule has 32 heavy (non-hydrogen) atoms. The highest BCUT2D eigenvalue weighted by Gasteiger charge is 2.32. The topological polar surface area (TPSA) is 75.7 Å². The summed E-state index contributed by atoms with van der Waals surface area (Å²) < 4.78 is 43.1. The highest BCUT2D eigenvalue weighted by Crippen LogP contribution is 2.29. The summed E-state index contributed by atoms with van der Waals surface area (Å²) >= 11 is 0. The van der Waals surface area contributed by atoms with Crippen LogP contribution in [0.15, 0.2) is 54.6 Å². The van der Waals surface area contributed by atoms with Crippen molar-refractivity contribution in [2.24, 2.45) is 5.92 Å². The molecular formula is C23H23F3N2O4. The smallest absolute Gasteiger partial charge is 0.416 e. The third kappa shape index (κ3) is 6.32. The molecule has 0 aromatic heterocycles. The van der Waals surface area contributed by atoms with Gasteiger partial charge in [-0.25, -0.2) is 0 Å². The van der Waals surface area contributed by atoms with Crippen molar-refractivity contribution < 1.29 is 32.3 Å². The fourth-order valence-electron chi connectivity index (χ4n) is 3.40. The Bertz CT molecular complexity index is 938. The van der Waals surface area contributed by atoms with Gasteiger partial charge in [-0.15, -0.1) is 0 Å². The quantitative estimate of drug-likeness (QED) is 0.688. The maximum absolute atomic E-state index is 12.7. The van der Waals surface area contributed by atoms with Gasteiger partial charge in [0.15, 0.2) is 6.61 Å². The molecule has 170 valence electrons. The van der Waals surface area contributed by atoms with Crippen LogP contribution in [0.1, 0.15) is 34.3 Å². The zero-order chi connectivity index (χ0) is 23.1. The van der Waals surface area contributed by atoms with Gasteiger partial charge in [0, 0.05) is 25.2 Å². The lowest BCUT2D eigenvalue weighted by molar-refractivity contribution is -0.153. The molecule has 3 rings (SSSR count). The summed E-state index contributed by atoms with van der Waals surface area (Å²) in [5, 5.41) is 2.67. The largest absolute Gasteiger partial charge is 0.455 e. The summed E-state index contributed by atoms with van der Waals surface area (Å²) in [6, 6.07) is 13.4. The molecule has 0 saturated carbocycles. The van der Waals surface area contributed by atoms with E-state index in [1.165, 1.54) is 4.90 Å². The Labute approximate surface area is 183 Å². The third-order valence-corrected chi connectivity index (χ3v) is 5.25. The average Bonchev–Trinajstić information content (AvgIpc) is 2.81. The van der Waals surface area contributed by atoms with Crippen LogP contribution in [-0.2, 0) is 27.0 Å². The first-order valence-corrected chi connectivity index (χ1v) is 10.2. The molecule has 0 unspecified atom stereocenters. The van der Waals surface area contributed by atoms with E-state index in [-0.39, 0.29) is 31.2 Å². The number of hydrogen-bond acceptors (Lipinski definition) is 4. The summed E-state index contributed by atoms with van der Waals surface area (Å²) in [4.78, 5) is 38.1. The maximum atomic E-state index is 12.7. The van der Waals surface area contributed by atoms with Crippen LogP contribution in [0.2, 0.25) is 0 Å². The van der Waals surface area contributed by atoms with Crippen LogP contribution in [0.25, 0.3) is 0 Å². The molecule has 1 aliphatic heterocycles. The Balaban J connectivity index is 1.41. The van der Waals surface area contributed by atoms with Gasteiger partial charge in [-0.1, -0.05) is 30.3 Å². The van der Waals surface area contributed by atoms with Gasteiger partial charge in [-0.05, 0) is 42.7 Å². The first-order chi connectivity index (χ1) is 15.2. The van der Waals surface area contributed by atoms with Gasteiger partial charge in [-0.2, -0.15) is 13.2 Å². The van der Waals surface area contributed by atoms with Gasteiger partial charge in [0.05, 0.1) is 11.5 Å². The minimum absolute atomic E-state index is 0.161. The fourth-order valence-corrected chi connectivity index (χ4v) is 3.40. The molecule has 1 saturated heterocycles. The standard InChI is InChI=1S/C23H23F3N2O4/c24-23(25,26)19-8-6-17(7-9-19)21(30)28-12-10-18(11-13-28)22(31)32-15-20(29)27-14-16-4-2-1-3-5-16/h1-9,18H,10-15H2,(H,27,29). The number of carbonyl (C=O) groups excluding carboxylic acids is 3. The zero-order valence-electron chi connectivity index (χ0n) is 17.2. The molecule has 1 N–H and O–H groups in total.